The Morgan fingerprint density at radius 1 is 1.20 bits per heavy atom. The van der Waals surface area contributed by atoms with Crippen LogP contribution in [-0.2, 0) is 11.2 Å². The fourth-order valence-corrected chi connectivity index (χ4v) is 1.11. The normalized spacial score (nSPS) is 10.3. The summed E-state index contributed by atoms with van der Waals surface area (Å²) >= 11 is 0. The van der Waals surface area contributed by atoms with Crippen molar-refractivity contribution >= 4 is 5.97 Å². The number of carboxylic acids is 1. The highest BCUT2D eigenvalue weighted by atomic mass is 19.1. The lowest BCUT2D eigenvalue weighted by atomic mass is 10.1. The average molecular weight is 218 g/mol. The summed E-state index contributed by atoms with van der Waals surface area (Å²) < 4.78 is 26.2. The van der Waals surface area contributed by atoms with Crippen molar-refractivity contribution in [1.29, 1.82) is 0 Å². The molecule has 1 aromatic carbocycles. The Kier molecular flexibility index (Phi) is 3.08. The summed E-state index contributed by atoms with van der Waals surface area (Å²) in [5, 5.41) is 26.2. The van der Waals surface area contributed by atoms with Crippen molar-refractivity contribution in [3.63, 3.8) is 0 Å². The molecule has 0 unspecified atom stereocenters. The fourth-order valence-electron chi connectivity index (χ4n) is 1.11. The summed E-state index contributed by atoms with van der Waals surface area (Å²) in [5.74, 6) is -5.53. The number of rotatable bonds is 3. The zero-order valence-corrected chi connectivity index (χ0v) is 7.50. The molecule has 0 aliphatic carbocycles. The van der Waals surface area contributed by atoms with Crippen molar-refractivity contribution in [1.82, 2.24) is 0 Å². The van der Waals surface area contributed by atoms with Crippen molar-refractivity contribution < 1.29 is 28.9 Å². The van der Waals surface area contributed by atoms with Gasteiger partial charge < -0.3 is 15.3 Å². The van der Waals surface area contributed by atoms with Crippen LogP contribution in [0.1, 0.15) is 12.0 Å². The van der Waals surface area contributed by atoms with Crippen LogP contribution < -0.4 is 0 Å². The molecule has 0 amide bonds. The van der Waals surface area contributed by atoms with Crippen molar-refractivity contribution in [3.8, 4) is 11.5 Å². The Bertz CT molecular complexity index is 377. The van der Waals surface area contributed by atoms with E-state index < -0.39 is 47.5 Å². The van der Waals surface area contributed by atoms with E-state index in [4.69, 9.17) is 15.3 Å². The summed E-state index contributed by atoms with van der Waals surface area (Å²) in [4.78, 5) is 10.2. The van der Waals surface area contributed by atoms with Crippen LogP contribution >= 0.6 is 0 Å². The molecule has 1 aromatic rings. The molecular formula is C9H8F2O4. The van der Waals surface area contributed by atoms with Crippen LogP contribution in [0.15, 0.2) is 6.07 Å². The van der Waals surface area contributed by atoms with Crippen LogP contribution in [0.25, 0.3) is 0 Å². The first kappa shape index (κ1) is 11.2. The number of halogens is 2. The highest BCUT2D eigenvalue weighted by molar-refractivity contribution is 5.67. The van der Waals surface area contributed by atoms with Crippen molar-refractivity contribution in [2.75, 3.05) is 0 Å². The minimum Gasteiger partial charge on any atom is -0.505 e. The number of hydrogen-bond donors (Lipinski definition) is 3. The molecule has 0 saturated carbocycles. The third-order valence-electron chi connectivity index (χ3n) is 1.84. The smallest absolute Gasteiger partial charge is 0.303 e. The summed E-state index contributed by atoms with van der Waals surface area (Å²) in [5.41, 5.74) is -0.630. The van der Waals surface area contributed by atoms with Gasteiger partial charge in [-0.2, -0.15) is 0 Å². The van der Waals surface area contributed by atoms with Crippen LogP contribution in [-0.4, -0.2) is 21.3 Å². The maximum atomic E-state index is 13.1. The second-order valence-corrected chi connectivity index (χ2v) is 2.92. The van der Waals surface area contributed by atoms with E-state index in [1.165, 1.54) is 0 Å². The first-order valence-electron chi connectivity index (χ1n) is 4.04. The molecule has 0 spiro atoms. The highest BCUT2D eigenvalue weighted by Gasteiger charge is 2.18. The zero-order chi connectivity index (χ0) is 11.6. The Hall–Kier alpha value is -1.85. The van der Waals surface area contributed by atoms with Gasteiger partial charge >= 0.3 is 5.97 Å². The van der Waals surface area contributed by atoms with Crippen LogP contribution in [0.3, 0.4) is 0 Å². The van der Waals surface area contributed by atoms with Crippen molar-refractivity contribution in [2.24, 2.45) is 0 Å². The van der Waals surface area contributed by atoms with Crippen molar-refractivity contribution in [3.05, 3.63) is 23.3 Å². The zero-order valence-electron chi connectivity index (χ0n) is 7.50. The maximum absolute atomic E-state index is 13.1. The van der Waals surface area contributed by atoms with Gasteiger partial charge in [-0.25, -0.2) is 8.78 Å². The van der Waals surface area contributed by atoms with Gasteiger partial charge in [0.25, 0.3) is 0 Å². The molecule has 0 radical (unpaired) electrons. The predicted molar refractivity (Wildman–Crippen MR) is 45.6 cm³/mol. The number of benzene rings is 1. The van der Waals surface area contributed by atoms with Gasteiger partial charge in [0.05, 0.1) is 0 Å². The molecule has 4 nitrogen and oxygen atoms in total. The standard InChI is InChI=1S/C9H8F2O4/c10-8-4(1-2-7(14)15)9(11)6(13)3-5(8)12/h3,12-13H,1-2H2,(H,14,15). The molecule has 0 heterocycles. The van der Waals surface area contributed by atoms with Gasteiger partial charge in [0, 0.05) is 18.1 Å². The van der Waals surface area contributed by atoms with E-state index >= 15 is 0 Å². The number of hydrogen-bond acceptors (Lipinski definition) is 3. The number of phenols is 2. The molecule has 82 valence electrons. The van der Waals surface area contributed by atoms with Gasteiger partial charge in [0.1, 0.15) is 0 Å². The fraction of sp³-hybridized carbons (Fsp3) is 0.222. The second-order valence-electron chi connectivity index (χ2n) is 2.92. The van der Waals surface area contributed by atoms with E-state index in [0.717, 1.165) is 0 Å². The molecule has 3 N–H and O–H groups in total. The highest BCUT2D eigenvalue weighted by Crippen LogP contribution is 2.30. The van der Waals surface area contributed by atoms with E-state index in [1.54, 1.807) is 0 Å². The lowest BCUT2D eigenvalue weighted by molar-refractivity contribution is -0.136. The van der Waals surface area contributed by atoms with Crippen LogP contribution in [0.2, 0.25) is 0 Å². The van der Waals surface area contributed by atoms with Gasteiger partial charge in [-0.1, -0.05) is 0 Å². The van der Waals surface area contributed by atoms with E-state index in [0.29, 0.717) is 6.07 Å². The molecule has 1 rings (SSSR count). The molecule has 0 aliphatic rings. The summed E-state index contributed by atoms with van der Waals surface area (Å²) in [6, 6.07) is 0.523. The molecular weight excluding hydrogens is 210 g/mol. The van der Waals surface area contributed by atoms with Crippen molar-refractivity contribution in [2.45, 2.75) is 12.8 Å². The quantitative estimate of drug-likeness (QED) is 0.716. The second kappa shape index (κ2) is 4.12. The first-order valence-corrected chi connectivity index (χ1v) is 4.04. The van der Waals surface area contributed by atoms with Crippen LogP contribution in [0, 0.1) is 11.6 Å². The van der Waals surface area contributed by atoms with E-state index in [1.807, 2.05) is 0 Å². The molecule has 6 heteroatoms. The third-order valence-corrected chi connectivity index (χ3v) is 1.84. The molecule has 0 aliphatic heterocycles. The average Bonchev–Trinajstić information content (AvgIpc) is 2.14. The number of aliphatic carboxylic acids is 1. The molecule has 0 bridgehead atoms. The predicted octanol–water partition coefficient (Wildman–Crippen LogP) is 1.39. The Morgan fingerprint density at radius 3 is 2.07 bits per heavy atom. The topological polar surface area (TPSA) is 77.8 Å². The molecule has 0 aromatic heterocycles. The Morgan fingerprint density at radius 2 is 1.67 bits per heavy atom. The van der Waals surface area contributed by atoms with Gasteiger partial charge in [0.2, 0.25) is 0 Å². The molecule has 0 atom stereocenters. The lowest BCUT2D eigenvalue weighted by Crippen LogP contribution is -2.02. The Balaban J connectivity index is 3.09. The minimum atomic E-state index is -1.24. The summed E-state index contributed by atoms with van der Waals surface area (Å²) in [6.45, 7) is 0. The van der Waals surface area contributed by atoms with E-state index in [-0.39, 0.29) is 0 Å². The van der Waals surface area contributed by atoms with Gasteiger partial charge in [-0.3, -0.25) is 4.79 Å². The summed E-state index contributed by atoms with van der Waals surface area (Å²) in [7, 11) is 0. The van der Waals surface area contributed by atoms with Crippen LogP contribution in [0.4, 0.5) is 8.78 Å². The van der Waals surface area contributed by atoms with E-state index in [2.05, 4.69) is 0 Å². The molecule has 15 heavy (non-hydrogen) atoms. The first-order chi connectivity index (χ1) is 6.93. The lowest BCUT2D eigenvalue weighted by Gasteiger charge is -2.06. The molecule has 0 saturated heterocycles. The van der Waals surface area contributed by atoms with Gasteiger partial charge in [-0.05, 0) is 6.42 Å². The van der Waals surface area contributed by atoms with Gasteiger partial charge in [0.15, 0.2) is 23.1 Å². The minimum absolute atomic E-state index is 0.436. The largest absolute Gasteiger partial charge is 0.505 e. The summed E-state index contributed by atoms with van der Waals surface area (Å²) in [6.07, 6.45) is -0.925. The van der Waals surface area contributed by atoms with Gasteiger partial charge in [-0.15, -0.1) is 0 Å². The number of phenolic OH excluding ortho intramolecular Hbond substituents is 2. The van der Waals surface area contributed by atoms with E-state index in [9.17, 15) is 13.6 Å². The number of aromatic hydroxyl groups is 2. The monoisotopic (exact) mass is 218 g/mol. The molecule has 0 fully saturated rings. The van der Waals surface area contributed by atoms with Crippen LogP contribution in [0.5, 0.6) is 11.5 Å². The SMILES string of the molecule is O=C(O)CCc1c(F)c(O)cc(O)c1F. The Labute approximate surface area is 83.4 Å². The number of carboxylic acid groups (broad SMARTS) is 1. The maximum Gasteiger partial charge on any atom is 0.303 e. The number of carbonyl (C=O) groups is 1. The third kappa shape index (κ3) is 2.34.